The lowest BCUT2D eigenvalue weighted by Gasteiger charge is -2.37. The summed E-state index contributed by atoms with van der Waals surface area (Å²) in [6.45, 7) is 3.43. The predicted octanol–water partition coefficient (Wildman–Crippen LogP) is 5.10. The third kappa shape index (κ3) is 3.37. The van der Waals surface area contributed by atoms with Gasteiger partial charge in [-0.05, 0) is 49.6 Å². The van der Waals surface area contributed by atoms with E-state index in [9.17, 15) is 4.79 Å². The van der Waals surface area contributed by atoms with Crippen molar-refractivity contribution < 1.29 is 19.0 Å². The van der Waals surface area contributed by atoms with Crippen LogP contribution < -0.4 is 14.2 Å². The van der Waals surface area contributed by atoms with E-state index in [4.69, 9.17) is 14.2 Å². The average molecular weight is 405 g/mol. The first-order valence-electron chi connectivity index (χ1n) is 10.8. The first-order valence-corrected chi connectivity index (χ1v) is 10.8. The van der Waals surface area contributed by atoms with Crippen LogP contribution in [0.4, 0.5) is 0 Å². The van der Waals surface area contributed by atoms with Gasteiger partial charge in [0.15, 0.2) is 5.76 Å². The Morgan fingerprint density at radius 2 is 1.87 bits per heavy atom. The summed E-state index contributed by atoms with van der Waals surface area (Å²) < 4.78 is 17.4. The molecule has 156 valence electrons. The van der Waals surface area contributed by atoms with Crippen LogP contribution in [0.2, 0.25) is 0 Å². The predicted molar refractivity (Wildman–Crippen MR) is 115 cm³/mol. The Balaban J connectivity index is 1.42. The molecule has 0 N–H and O–H groups in total. The zero-order chi connectivity index (χ0) is 20.7. The number of carbonyl (C=O) groups is 1. The van der Waals surface area contributed by atoms with Crippen molar-refractivity contribution in [2.75, 3.05) is 13.8 Å². The van der Waals surface area contributed by atoms with Crippen LogP contribution in [-0.4, -0.2) is 30.6 Å². The number of fused-ring (bicyclic) bond motifs is 2. The van der Waals surface area contributed by atoms with Crippen molar-refractivity contribution in [3.63, 3.8) is 0 Å². The van der Waals surface area contributed by atoms with Gasteiger partial charge in [-0.1, -0.05) is 31.4 Å². The number of allylic oxidation sites excluding steroid dienone is 1. The number of benzene rings is 2. The third-order valence-electron chi connectivity index (χ3n) is 6.47. The minimum absolute atomic E-state index is 0.0680. The van der Waals surface area contributed by atoms with Crippen LogP contribution in [0.1, 0.15) is 59.2 Å². The zero-order valence-corrected chi connectivity index (χ0v) is 17.6. The molecule has 2 heterocycles. The van der Waals surface area contributed by atoms with Crippen LogP contribution in [-0.2, 0) is 6.54 Å². The molecule has 2 aromatic carbocycles. The lowest BCUT2D eigenvalue weighted by atomic mass is 9.93. The van der Waals surface area contributed by atoms with Gasteiger partial charge in [0, 0.05) is 23.7 Å². The number of ketones is 1. The summed E-state index contributed by atoms with van der Waals surface area (Å²) in [5, 5.41) is 0. The van der Waals surface area contributed by atoms with Gasteiger partial charge in [0.1, 0.15) is 24.0 Å². The molecule has 30 heavy (non-hydrogen) atoms. The molecule has 0 spiro atoms. The second kappa shape index (κ2) is 7.80. The second-order valence-electron chi connectivity index (χ2n) is 8.39. The van der Waals surface area contributed by atoms with Gasteiger partial charge in [0.05, 0.1) is 12.7 Å². The molecule has 3 aliphatic rings. The lowest BCUT2D eigenvalue weighted by molar-refractivity contribution is 0.0397. The average Bonchev–Trinajstić information content (AvgIpc) is 3.10. The van der Waals surface area contributed by atoms with Gasteiger partial charge in [-0.15, -0.1) is 0 Å². The Hall–Kier alpha value is -2.79. The van der Waals surface area contributed by atoms with Gasteiger partial charge in [0.2, 0.25) is 5.78 Å². The number of nitrogens with zero attached hydrogens (tertiary/aromatic N) is 1. The number of hydrogen-bond acceptors (Lipinski definition) is 5. The fraction of sp³-hybridized carbons (Fsp3) is 0.400. The second-order valence-corrected chi connectivity index (χ2v) is 8.39. The van der Waals surface area contributed by atoms with Crippen LogP contribution in [0.15, 0.2) is 36.1 Å². The highest BCUT2D eigenvalue weighted by Gasteiger charge is 2.34. The normalized spacial score (nSPS) is 20.5. The molecule has 5 heteroatoms. The highest BCUT2D eigenvalue weighted by molar-refractivity contribution is 6.15. The SMILES string of the molecule is COc1ccc(/C=C2\Oc3c(cc4c(c3C)OCN(C3CCCCC3)C4)C2=O)cc1. The van der Waals surface area contributed by atoms with Gasteiger partial charge in [-0.2, -0.15) is 0 Å². The molecule has 0 atom stereocenters. The van der Waals surface area contributed by atoms with Crippen molar-refractivity contribution in [3.05, 3.63) is 58.3 Å². The molecule has 2 aliphatic heterocycles. The molecular formula is C25H27NO4. The van der Waals surface area contributed by atoms with E-state index in [2.05, 4.69) is 4.90 Å². The van der Waals surface area contributed by atoms with Crippen molar-refractivity contribution in [3.8, 4) is 17.2 Å². The van der Waals surface area contributed by atoms with Crippen LogP contribution in [0.5, 0.6) is 17.2 Å². The quantitative estimate of drug-likeness (QED) is 0.665. The Morgan fingerprint density at radius 3 is 2.60 bits per heavy atom. The monoisotopic (exact) mass is 405 g/mol. The van der Waals surface area contributed by atoms with Crippen LogP contribution in [0.3, 0.4) is 0 Å². The van der Waals surface area contributed by atoms with Crippen molar-refractivity contribution >= 4 is 11.9 Å². The molecule has 1 saturated carbocycles. The summed E-state index contributed by atoms with van der Waals surface area (Å²) in [6.07, 6.45) is 8.18. The summed E-state index contributed by atoms with van der Waals surface area (Å²) in [6, 6.07) is 10.1. The number of methoxy groups -OCH3 is 1. The Morgan fingerprint density at radius 1 is 1.10 bits per heavy atom. The fourth-order valence-corrected chi connectivity index (χ4v) is 4.80. The maximum absolute atomic E-state index is 13.1. The minimum atomic E-state index is -0.0680. The number of rotatable bonds is 3. The molecule has 0 saturated heterocycles. The van der Waals surface area contributed by atoms with Gasteiger partial charge in [-0.3, -0.25) is 9.69 Å². The minimum Gasteiger partial charge on any atom is -0.497 e. The summed E-state index contributed by atoms with van der Waals surface area (Å²) >= 11 is 0. The molecule has 0 bridgehead atoms. The van der Waals surface area contributed by atoms with E-state index in [1.54, 1.807) is 13.2 Å². The van der Waals surface area contributed by atoms with Crippen LogP contribution in [0, 0.1) is 6.92 Å². The smallest absolute Gasteiger partial charge is 0.231 e. The Kier molecular flexibility index (Phi) is 4.99. The fourth-order valence-electron chi connectivity index (χ4n) is 4.80. The van der Waals surface area contributed by atoms with E-state index < -0.39 is 0 Å². The molecule has 0 amide bonds. The molecule has 5 rings (SSSR count). The number of Topliss-reactive ketones (excluding diaryl/α,β-unsaturated/α-hetero) is 1. The standard InChI is InChI=1S/C25H27NO4/c1-16-24-18(14-26(15-29-24)19-6-4-3-5-7-19)13-21-23(27)22(30-25(16)21)12-17-8-10-20(28-2)11-9-17/h8-13,19H,3-7,14-15H2,1-2H3/b22-12-. The van der Waals surface area contributed by atoms with Crippen LogP contribution in [0.25, 0.3) is 6.08 Å². The van der Waals surface area contributed by atoms with Gasteiger partial charge in [-0.25, -0.2) is 0 Å². The van der Waals surface area contributed by atoms with E-state index in [0.29, 0.717) is 29.8 Å². The first kappa shape index (κ1) is 19.2. The van der Waals surface area contributed by atoms with E-state index in [0.717, 1.165) is 34.7 Å². The van der Waals surface area contributed by atoms with Crippen molar-refractivity contribution in [1.29, 1.82) is 0 Å². The lowest BCUT2D eigenvalue weighted by Crippen LogP contribution is -2.41. The van der Waals surface area contributed by atoms with Gasteiger partial charge < -0.3 is 14.2 Å². The highest BCUT2D eigenvalue weighted by Crippen LogP contribution is 2.43. The van der Waals surface area contributed by atoms with E-state index in [-0.39, 0.29) is 5.78 Å². The molecule has 0 radical (unpaired) electrons. The van der Waals surface area contributed by atoms with Gasteiger partial charge in [0.25, 0.3) is 0 Å². The van der Waals surface area contributed by atoms with Crippen molar-refractivity contribution in [2.45, 2.75) is 51.6 Å². The molecule has 5 nitrogen and oxygen atoms in total. The molecule has 1 aliphatic carbocycles. The largest absolute Gasteiger partial charge is 0.497 e. The number of hydrogen-bond donors (Lipinski definition) is 0. The molecule has 0 unspecified atom stereocenters. The molecule has 1 fully saturated rings. The van der Waals surface area contributed by atoms with Crippen molar-refractivity contribution in [2.24, 2.45) is 0 Å². The van der Waals surface area contributed by atoms with E-state index in [1.807, 2.05) is 37.3 Å². The summed E-state index contributed by atoms with van der Waals surface area (Å²) in [4.78, 5) is 15.5. The van der Waals surface area contributed by atoms with Gasteiger partial charge >= 0.3 is 0 Å². The maximum Gasteiger partial charge on any atom is 0.231 e. The Bertz CT molecular complexity index is 1000. The third-order valence-corrected chi connectivity index (χ3v) is 6.47. The van der Waals surface area contributed by atoms with Crippen LogP contribution >= 0.6 is 0 Å². The number of ether oxygens (including phenoxy) is 3. The van der Waals surface area contributed by atoms with E-state index in [1.165, 1.54) is 32.1 Å². The molecule has 0 aromatic heterocycles. The molecule has 2 aromatic rings. The first-order chi connectivity index (χ1) is 14.6. The topological polar surface area (TPSA) is 48.0 Å². The molecular weight excluding hydrogens is 378 g/mol. The Labute approximate surface area is 177 Å². The highest BCUT2D eigenvalue weighted by atomic mass is 16.5. The summed E-state index contributed by atoms with van der Waals surface area (Å²) in [5.74, 6) is 2.57. The number of carbonyl (C=O) groups excluding carboxylic acids is 1. The maximum atomic E-state index is 13.1. The van der Waals surface area contributed by atoms with E-state index >= 15 is 0 Å². The zero-order valence-electron chi connectivity index (χ0n) is 17.6. The summed E-state index contributed by atoms with van der Waals surface area (Å²) in [7, 11) is 1.63. The van der Waals surface area contributed by atoms with Crippen molar-refractivity contribution in [1.82, 2.24) is 4.90 Å². The summed E-state index contributed by atoms with van der Waals surface area (Å²) in [5.41, 5.74) is 3.54.